The number of nitrogens with zero attached hydrogens (tertiary/aromatic N) is 1. The highest BCUT2D eigenvalue weighted by Gasteiger charge is 2.10. The van der Waals surface area contributed by atoms with E-state index in [9.17, 15) is 0 Å². The summed E-state index contributed by atoms with van der Waals surface area (Å²) in [6.07, 6.45) is 22.4. The third kappa shape index (κ3) is 16.6. The van der Waals surface area contributed by atoms with E-state index in [1.807, 2.05) is 0 Å². The smallest absolute Gasteiger partial charge is 0.00891 e. The zero-order valence-corrected chi connectivity index (χ0v) is 17.5. The van der Waals surface area contributed by atoms with Crippen molar-refractivity contribution in [1.82, 2.24) is 4.90 Å². The summed E-state index contributed by atoms with van der Waals surface area (Å²) in [6.45, 7) is 8.42. The molecule has 0 aliphatic carbocycles. The zero-order valence-electron chi connectivity index (χ0n) is 17.5. The van der Waals surface area contributed by atoms with Crippen LogP contribution in [0.2, 0.25) is 0 Å². The molecule has 1 unspecified atom stereocenters. The van der Waals surface area contributed by atoms with Crippen molar-refractivity contribution in [3.8, 4) is 0 Å². The van der Waals surface area contributed by atoms with Crippen LogP contribution < -0.4 is 0 Å². The summed E-state index contributed by atoms with van der Waals surface area (Å²) in [5, 5.41) is 0. The lowest BCUT2D eigenvalue weighted by atomic mass is 9.99. The van der Waals surface area contributed by atoms with Gasteiger partial charge in [0.2, 0.25) is 0 Å². The van der Waals surface area contributed by atoms with Crippen LogP contribution in [-0.2, 0) is 0 Å². The largest absolute Gasteiger partial charge is 0.306 e. The quantitative estimate of drug-likeness (QED) is 0.182. The summed E-state index contributed by atoms with van der Waals surface area (Å²) < 4.78 is 0. The van der Waals surface area contributed by atoms with Gasteiger partial charge in [-0.25, -0.2) is 0 Å². The first-order valence-electron chi connectivity index (χ1n) is 10.9. The van der Waals surface area contributed by atoms with E-state index in [2.05, 4.69) is 39.4 Å². The van der Waals surface area contributed by atoms with Crippen molar-refractivity contribution in [2.45, 2.75) is 123 Å². The molecule has 0 rings (SSSR count). The van der Waals surface area contributed by atoms with Crippen LogP contribution in [0, 0.1) is 0 Å². The van der Waals surface area contributed by atoms with Gasteiger partial charge < -0.3 is 4.90 Å². The molecule has 144 valence electrons. The van der Waals surface area contributed by atoms with E-state index in [1.165, 1.54) is 108 Å². The minimum absolute atomic E-state index is 0.809. The Balaban J connectivity index is 3.51. The molecular weight excluding hydrogens is 290 g/mol. The lowest BCUT2D eigenvalue weighted by Crippen LogP contribution is -2.27. The van der Waals surface area contributed by atoms with Crippen molar-refractivity contribution in [3.63, 3.8) is 0 Å². The third-order valence-electron chi connectivity index (χ3n) is 5.26. The van der Waals surface area contributed by atoms with E-state index < -0.39 is 0 Å². The predicted octanol–water partition coefficient (Wildman–Crippen LogP) is 7.75. The van der Waals surface area contributed by atoms with Gasteiger partial charge in [-0.15, -0.1) is 6.58 Å². The Morgan fingerprint density at radius 2 is 1.12 bits per heavy atom. The third-order valence-corrected chi connectivity index (χ3v) is 5.26. The van der Waals surface area contributed by atoms with Crippen molar-refractivity contribution in [1.29, 1.82) is 0 Å². The molecule has 1 atom stereocenters. The van der Waals surface area contributed by atoms with Crippen molar-refractivity contribution in [2.75, 3.05) is 14.1 Å². The van der Waals surface area contributed by atoms with Crippen molar-refractivity contribution >= 4 is 0 Å². The molecule has 0 N–H and O–H groups in total. The molecule has 0 bridgehead atoms. The minimum atomic E-state index is 0.809. The molecule has 0 radical (unpaired) electrons. The summed E-state index contributed by atoms with van der Waals surface area (Å²) in [5.41, 5.74) is 1.34. The molecule has 0 aromatic carbocycles. The normalized spacial score (nSPS) is 12.7. The first-order valence-corrected chi connectivity index (χ1v) is 10.9. The molecule has 0 fully saturated rings. The minimum Gasteiger partial charge on any atom is -0.306 e. The van der Waals surface area contributed by atoms with Gasteiger partial charge in [0.25, 0.3) is 0 Å². The van der Waals surface area contributed by atoms with Crippen molar-refractivity contribution in [3.05, 3.63) is 12.2 Å². The monoisotopic (exact) mass is 337 g/mol. The van der Waals surface area contributed by atoms with Crippen molar-refractivity contribution < 1.29 is 0 Å². The summed E-state index contributed by atoms with van der Waals surface area (Å²) in [4.78, 5) is 2.46. The standard InChI is InChI=1S/C23H47N/c1-6-7-8-9-10-14-17-20-23(24(4)5)21-18-15-12-11-13-16-19-22(2)3/h23H,2,6-21H2,1,3-5H3. The second-order valence-electron chi connectivity index (χ2n) is 8.14. The average Bonchev–Trinajstić information content (AvgIpc) is 2.53. The Bertz CT molecular complexity index is 269. The van der Waals surface area contributed by atoms with Crippen LogP contribution in [0.4, 0.5) is 0 Å². The summed E-state index contributed by atoms with van der Waals surface area (Å²) in [7, 11) is 4.53. The highest BCUT2D eigenvalue weighted by atomic mass is 15.1. The topological polar surface area (TPSA) is 3.24 Å². The van der Waals surface area contributed by atoms with Crippen LogP contribution in [0.15, 0.2) is 12.2 Å². The maximum absolute atomic E-state index is 3.98. The zero-order chi connectivity index (χ0) is 18.0. The van der Waals surface area contributed by atoms with E-state index in [0.29, 0.717) is 0 Å². The lowest BCUT2D eigenvalue weighted by Gasteiger charge is -2.24. The molecule has 0 aromatic rings. The average molecular weight is 338 g/mol. The van der Waals surface area contributed by atoms with Crippen LogP contribution in [0.1, 0.15) is 117 Å². The summed E-state index contributed by atoms with van der Waals surface area (Å²) in [5.74, 6) is 0. The second-order valence-corrected chi connectivity index (χ2v) is 8.14. The molecule has 0 aliphatic heterocycles. The number of allylic oxidation sites excluding steroid dienone is 1. The van der Waals surface area contributed by atoms with Gasteiger partial charge in [0, 0.05) is 6.04 Å². The van der Waals surface area contributed by atoms with Gasteiger partial charge in [-0.1, -0.05) is 89.5 Å². The maximum Gasteiger partial charge on any atom is 0.00891 e. The van der Waals surface area contributed by atoms with Gasteiger partial charge in [-0.2, -0.15) is 0 Å². The van der Waals surface area contributed by atoms with Gasteiger partial charge in [0.05, 0.1) is 0 Å². The molecule has 0 saturated heterocycles. The highest BCUT2D eigenvalue weighted by molar-refractivity contribution is 4.86. The maximum atomic E-state index is 3.98. The molecule has 24 heavy (non-hydrogen) atoms. The number of unbranched alkanes of at least 4 members (excludes halogenated alkanes) is 11. The van der Waals surface area contributed by atoms with Crippen molar-refractivity contribution in [2.24, 2.45) is 0 Å². The van der Waals surface area contributed by atoms with Crippen LogP contribution >= 0.6 is 0 Å². The number of rotatable bonds is 18. The summed E-state index contributed by atoms with van der Waals surface area (Å²) >= 11 is 0. The molecule has 0 amide bonds. The molecule has 1 heteroatoms. The van der Waals surface area contributed by atoms with Gasteiger partial charge in [0.1, 0.15) is 0 Å². The van der Waals surface area contributed by atoms with Gasteiger partial charge >= 0.3 is 0 Å². The molecule has 1 nitrogen and oxygen atoms in total. The fourth-order valence-corrected chi connectivity index (χ4v) is 3.51. The number of hydrogen-bond acceptors (Lipinski definition) is 1. The molecular formula is C23H47N. The molecule has 0 aromatic heterocycles. The SMILES string of the molecule is C=C(C)CCCCCCCCC(CCCCCCCCC)N(C)C. The first-order chi connectivity index (χ1) is 11.6. The van der Waals surface area contributed by atoms with E-state index >= 15 is 0 Å². The van der Waals surface area contributed by atoms with E-state index in [4.69, 9.17) is 0 Å². The van der Waals surface area contributed by atoms with Crippen LogP contribution in [-0.4, -0.2) is 25.0 Å². The highest BCUT2D eigenvalue weighted by Crippen LogP contribution is 2.17. The number of hydrogen-bond donors (Lipinski definition) is 0. The van der Waals surface area contributed by atoms with E-state index in [0.717, 1.165) is 6.04 Å². The molecule has 0 heterocycles. The Morgan fingerprint density at radius 1 is 0.708 bits per heavy atom. The predicted molar refractivity (Wildman–Crippen MR) is 112 cm³/mol. The van der Waals surface area contributed by atoms with Gasteiger partial charge in [-0.3, -0.25) is 0 Å². The van der Waals surface area contributed by atoms with Gasteiger partial charge in [-0.05, 0) is 46.7 Å². The molecule has 0 aliphatic rings. The second kappa shape index (κ2) is 17.5. The lowest BCUT2D eigenvalue weighted by molar-refractivity contribution is 0.251. The van der Waals surface area contributed by atoms with Crippen LogP contribution in [0.25, 0.3) is 0 Å². The summed E-state index contributed by atoms with van der Waals surface area (Å²) in [6, 6.07) is 0.809. The van der Waals surface area contributed by atoms with E-state index in [-0.39, 0.29) is 0 Å². The molecule has 0 saturated carbocycles. The fraction of sp³-hybridized carbons (Fsp3) is 0.913. The molecule has 0 spiro atoms. The van der Waals surface area contributed by atoms with Gasteiger partial charge in [0.15, 0.2) is 0 Å². The van der Waals surface area contributed by atoms with Crippen LogP contribution in [0.5, 0.6) is 0 Å². The Morgan fingerprint density at radius 3 is 1.54 bits per heavy atom. The Hall–Kier alpha value is -0.300. The van der Waals surface area contributed by atoms with E-state index in [1.54, 1.807) is 0 Å². The van der Waals surface area contributed by atoms with Crippen LogP contribution in [0.3, 0.4) is 0 Å². The fourth-order valence-electron chi connectivity index (χ4n) is 3.51. The Labute approximate surface area is 154 Å². The first kappa shape index (κ1) is 23.7. The Kier molecular flexibility index (Phi) is 17.3.